The number of hydrogen-bond acceptors (Lipinski definition) is 4. The predicted octanol–water partition coefficient (Wildman–Crippen LogP) is 6.23. The number of aromatic nitrogens is 1. The van der Waals surface area contributed by atoms with Crippen LogP contribution in [0, 0.1) is 6.92 Å². The molecule has 1 fully saturated rings. The zero-order valence-corrected chi connectivity index (χ0v) is 19.6. The quantitative estimate of drug-likeness (QED) is 0.335. The molecule has 1 aliphatic carbocycles. The van der Waals surface area contributed by atoms with E-state index in [4.69, 9.17) is 9.73 Å². The van der Waals surface area contributed by atoms with E-state index in [0.717, 1.165) is 46.5 Å². The summed E-state index contributed by atoms with van der Waals surface area (Å²) in [4.78, 5) is 21.4. The van der Waals surface area contributed by atoms with Crippen molar-refractivity contribution in [2.45, 2.75) is 51.9 Å². The van der Waals surface area contributed by atoms with Crippen LogP contribution in [-0.4, -0.2) is 35.2 Å². The van der Waals surface area contributed by atoms with Gasteiger partial charge in [0.1, 0.15) is 11.5 Å². The Labute approximate surface area is 195 Å². The number of aliphatic hydroxyl groups excluding tert-OH is 1. The summed E-state index contributed by atoms with van der Waals surface area (Å²) in [6, 6.07) is 16.2. The molecule has 5 heteroatoms. The number of nitrogens with zero attached hydrogens (tertiary/aromatic N) is 1. The molecule has 0 amide bonds. The summed E-state index contributed by atoms with van der Waals surface area (Å²) in [6.45, 7) is 4.63. The summed E-state index contributed by atoms with van der Waals surface area (Å²) >= 11 is 0. The first-order valence-electron chi connectivity index (χ1n) is 11.7. The van der Waals surface area contributed by atoms with Crippen molar-refractivity contribution in [2.75, 3.05) is 13.7 Å². The lowest BCUT2D eigenvalue weighted by molar-refractivity contribution is -0.116. The number of aromatic amines is 1. The van der Waals surface area contributed by atoms with Crippen LogP contribution in [0.3, 0.4) is 0 Å². The minimum absolute atomic E-state index is 0.00665. The van der Waals surface area contributed by atoms with Gasteiger partial charge in [-0.15, -0.1) is 0 Å². The van der Waals surface area contributed by atoms with Crippen LogP contribution < -0.4 is 4.74 Å². The molecule has 33 heavy (non-hydrogen) atoms. The third-order valence-corrected chi connectivity index (χ3v) is 6.48. The number of allylic oxidation sites excluding steroid dienone is 2. The van der Waals surface area contributed by atoms with E-state index in [1.54, 1.807) is 7.11 Å². The van der Waals surface area contributed by atoms with Crippen LogP contribution in [0.5, 0.6) is 5.75 Å². The van der Waals surface area contributed by atoms with Crippen LogP contribution >= 0.6 is 0 Å². The van der Waals surface area contributed by atoms with Gasteiger partial charge in [0, 0.05) is 41.7 Å². The molecular weight excluding hydrogens is 412 g/mol. The summed E-state index contributed by atoms with van der Waals surface area (Å²) in [7, 11) is 1.67. The van der Waals surface area contributed by atoms with E-state index in [9.17, 15) is 9.90 Å². The highest BCUT2D eigenvalue weighted by atomic mass is 16.5. The average Bonchev–Trinajstić information content (AvgIpc) is 3.13. The van der Waals surface area contributed by atoms with Gasteiger partial charge in [-0.1, -0.05) is 37.3 Å². The van der Waals surface area contributed by atoms with Crippen LogP contribution in [-0.2, 0) is 11.2 Å². The fourth-order valence-corrected chi connectivity index (χ4v) is 4.80. The van der Waals surface area contributed by atoms with Gasteiger partial charge in [-0.3, -0.25) is 9.79 Å². The van der Waals surface area contributed by atoms with Crippen molar-refractivity contribution in [2.24, 2.45) is 4.99 Å². The van der Waals surface area contributed by atoms with Crippen LogP contribution in [0.25, 0.3) is 10.9 Å². The molecule has 2 aromatic carbocycles. The van der Waals surface area contributed by atoms with Crippen molar-refractivity contribution in [3.8, 4) is 5.75 Å². The van der Waals surface area contributed by atoms with Crippen LogP contribution in [0.2, 0.25) is 0 Å². The van der Waals surface area contributed by atoms with E-state index in [-0.39, 0.29) is 17.5 Å². The number of aliphatic hydroxyl groups is 1. The van der Waals surface area contributed by atoms with E-state index in [1.165, 1.54) is 5.56 Å². The highest BCUT2D eigenvalue weighted by molar-refractivity contribution is 6.24. The van der Waals surface area contributed by atoms with Gasteiger partial charge < -0.3 is 14.8 Å². The number of methoxy groups -OCH3 is 1. The Morgan fingerprint density at radius 1 is 1.18 bits per heavy atom. The molecule has 3 aromatic rings. The van der Waals surface area contributed by atoms with Gasteiger partial charge in [-0.2, -0.15) is 0 Å². The lowest BCUT2D eigenvalue weighted by Crippen LogP contribution is -2.27. The fourth-order valence-electron chi connectivity index (χ4n) is 4.80. The minimum Gasteiger partial charge on any atom is -0.511 e. The van der Waals surface area contributed by atoms with Crippen LogP contribution in [0.15, 0.2) is 64.9 Å². The molecule has 172 valence electrons. The molecule has 1 aliphatic rings. The van der Waals surface area contributed by atoms with Crippen LogP contribution in [0.1, 0.15) is 55.3 Å². The van der Waals surface area contributed by atoms with Gasteiger partial charge in [-0.25, -0.2) is 0 Å². The molecular formula is C28H32N2O3. The number of ketones is 1. The molecule has 1 aromatic heterocycles. The molecule has 0 radical (unpaired) electrons. The Morgan fingerprint density at radius 3 is 2.70 bits per heavy atom. The number of nitrogens with one attached hydrogen (secondary N) is 1. The number of aliphatic imine (C=N–C) groups is 1. The molecule has 0 aliphatic heterocycles. The Kier molecular flexibility index (Phi) is 6.97. The van der Waals surface area contributed by atoms with Crippen molar-refractivity contribution < 1.29 is 14.6 Å². The maximum Gasteiger partial charge on any atom is 0.168 e. The Hall–Kier alpha value is -3.34. The lowest BCUT2D eigenvalue weighted by atomic mass is 9.78. The summed E-state index contributed by atoms with van der Waals surface area (Å²) in [5.74, 6) is 1.09. The molecule has 1 saturated carbocycles. The topological polar surface area (TPSA) is 74.7 Å². The highest BCUT2D eigenvalue weighted by Crippen LogP contribution is 2.34. The largest absolute Gasteiger partial charge is 0.511 e. The second-order valence-corrected chi connectivity index (χ2v) is 8.73. The smallest absolute Gasteiger partial charge is 0.168 e. The molecule has 5 nitrogen and oxygen atoms in total. The number of ether oxygens (including phenoxy) is 1. The number of hydrogen-bond donors (Lipinski definition) is 2. The van der Waals surface area contributed by atoms with E-state index in [2.05, 4.69) is 30.1 Å². The average molecular weight is 445 g/mol. The van der Waals surface area contributed by atoms with Gasteiger partial charge in [0.05, 0.1) is 12.7 Å². The standard InChI is InChI=1S/C28H32N2O3/c1-4-8-26(31)28-25(15-20(16-27(28)32)19-9-6-5-7-10-19)29-14-13-22-18(2)30-24-12-11-21(33-3)17-23(22)24/h5-7,9-12,17,20,30-31H,4,8,13-16H2,1-3H3/t20-/m1/s1. The van der Waals surface area contributed by atoms with E-state index in [0.29, 0.717) is 31.4 Å². The van der Waals surface area contributed by atoms with E-state index < -0.39 is 0 Å². The summed E-state index contributed by atoms with van der Waals surface area (Å²) in [5, 5.41) is 11.8. The number of benzene rings is 2. The molecule has 0 unspecified atom stereocenters. The number of H-pyrrole nitrogens is 1. The second-order valence-electron chi connectivity index (χ2n) is 8.73. The lowest BCUT2D eigenvalue weighted by Gasteiger charge is -2.26. The number of fused-ring (bicyclic) bond motifs is 1. The monoisotopic (exact) mass is 444 g/mol. The number of aryl methyl sites for hydroxylation is 1. The SMILES string of the molecule is CCCC(O)=C1C(=O)C[C@H](c2ccccc2)CC1=NCCc1c(C)[nH]c2ccc(OC)cc12. The fraction of sp³-hybridized carbons (Fsp3) is 0.357. The molecule has 0 bridgehead atoms. The molecule has 0 spiro atoms. The van der Waals surface area contributed by atoms with Gasteiger partial charge in [0.15, 0.2) is 5.78 Å². The van der Waals surface area contributed by atoms with Gasteiger partial charge in [0.2, 0.25) is 0 Å². The number of Topliss-reactive ketones (excluding diaryl/α,β-unsaturated/α-hetero) is 1. The van der Waals surface area contributed by atoms with Crippen molar-refractivity contribution in [3.05, 3.63) is 76.7 Å². The molecule has 0 saturated heterocycles. The van der Waals surface area contributed by atoms with Crippen LogP contribution in [0.4, 0.5) is 0 Å². The summed E-state index contributed by atoms with van der Waals surface area (Å²) in [6.07, 6.45) is 3.10. The zero-order valence-electron chi connectivity index (χ0n) is 19.6. The van der Waals surface area contributed by atoms with E-state index >= 15 is 0 Å². The van der Waals surface area contributed by atoms with Crippen molar-refractivity contribution in [1.82, 2.24) is 4.98 Å². The second kappa shape index (κ2) is 10.1. The molecule has 2 N–H and O–H groups in total. The minimum atomic E-state index is -0.00665. The van der Waals surface area contributed by atoms with E-state index in [1.807, 2.05) is 37.3 Å². The molecule has 4 rings (SSSR count). The normalized spacial score (nSPS) is 19.3. The Bertz CT molecular complexity index is 1200. The third kappa shape index (κ3) is 4.87. The van der Waals surface area contributed by atoms with Crippen molar-refractivity contribution in [3.63, 3.8) is 0 Å². The van der Waals surface area contributed by atoms with Gasteiger partial charge in [-0.05, 0) is 61.4 Å². The molecule has 1 atom stereocenters. The molecule has 1 heterocycles. The predicted molar refractivity (Wildman–Crippen MR) is 134 cm³/mol. The van der Waals surface area contributed by atoms with Gasteiger partial charge in [0.25, 0.3) is 0 Å². The van der Waals surface area contributed by atoms with Gasteiger partial charge >= 0.3 is 0 Å². The maximum absolute atomic E-state index is 13.1. The first-order chi connectivity index (χ1) is 16.0. The number of carbonyl (C=O) groups excluding carboxylic acids is 1. The Balaban J connectivity index is 1.63. The zero-order chi connectivity index (χ0) is 23.4. The summed E-state index contributed by atoms with van der Waals surface area (Å²) < 4.78 is 5.40. The maximum atomic E-state index is 13.1. The Morgan fingerprint density at radius 2 is 1.97 bits per heavy atom. The van der Waals surface area contributed by atoms with Crippen molar-refractivity contribution >= 4 is 22.4 Å². The number of carbonyl (C=O) groups is 1. The first-order valence-corrected chi connectivity index (χ1v) is 11.7. The van der Waals surface area contributed by atoms with Crippen molar-refractivity contribution in [1.29, 1.82) is 0 Å². The first kappa shape index (κ1) is 22.8. The highest BCUT2D eigenvalue weighted by Gasteiger charge is 2.32. The summed E-state index contributed by atoms with van der Waals surface area (Å²) in [5.41, 5.74) is 5.73. The third-order valence-electron chi connectivity index (χ3n) is 6.48. The number of rotatable bonds is 7.